The number of amides is 2. The number of benzene rings is 1. The lowest BCUT2D eigenvalue weighted by atomic mass is 10.1. The highest BCUT2D eigenvalue weighted by molar-refractivity contribution is 7.14. The minimum Gasteiger partial charge on any atom is -0.350 e. The van der Waals surface area contributed by atoms with Gasteiger partial charge in [0.05, 0.1) is 4.88 Å². The largest absolute Gasteiger partial charge is 0.350 e. The van der Waals surface area contributed by atoms with Gasteiger partial charge in [0.25, 0.3) is 11.8 Å². The second-order valence-corrected chi connectivity index (χ2v) is 9.17. The van der Waals surface area contributed by atoms with Gasteiger partial charge in [-0.15, -0.1) is 11.3 Å². The lowest BCUT2D eigenvalue weighted by molar-refractivity contribution is 0.0493. The van der Waals surface area contributed by atoms with Crippen molar-refractivity contribution in [1.82, 2.24) is 15.1 Å². The van der Waals surface area contributed by atoms with Gasteiger partial charge < -0.3 is 10.2 Å². The van der Waals surface area contributed by atoms with Gasteiger partial charge in [-0.05, 0) is 49.4 Å². The fraction of sp³-hybridized carbons (Fsp3) is 0.455. The topological polar surface area (TPSA) is 52.7 Å². The molecule has 3 atom stereocenters. The fourth-order valence-electron chi connectivity index (χ4n) is 4.77. The molecule has 2 aliphatic heterocycles. The Bertz CT molecular complexity index is 873. The number of rotatable bonds is 4. The SMILES string of the molecule is O=C(NCC1CN(C(=O)c2ccccc2)C2CCN1C2)c1cc2c(s1)CCC2. The van der Waals surface area contributed by atoms with Crippen molar-refractivity contribution in [2.45, 2.75) is 37.8 Å². The van der Waals surface area contributed by atoms with E-state index in [1.54, 1.807) is 11.3 Å². The summed E-state index contributed by atoms with van der Waals surface area (Å²) >= 11 is 1.64. The summed E-state index contributed by atoms with van der Waals surface area (Å²) in [5.41, 5.74) is 2.11. The minimum atomic E-state index is 0.0293. The molecule has 0 radical (unpaired) electrons. The molecule has 3 unspecified atom stereocenters. The molecular weight excluding hydrogens is 370 g/mol. The molecule has 3 aliphatic rings. The predicted octanol–water partition coefficient (Wildman–Crippen LogP) is 2.57. The summed E-state index contributed by atoms with van der Waals surface area (Å²) in [6.45, 7) is 3.18. The normalized spacial score (nSPS) is 25.6. The van der Waals surface area contributed by atoms with Crippen LogP contribution in [0.15, 0.2) is 36.4 Å². The molecule has 1 aromatic carbocycles. The summed E-state index contributed by atoms with van der Waals surface area (Å²) in [7, 11) is 0. The Balaban J connectivity index is 1.25. The Hall–Kier alpha value is -2.18. The number of aryl methyl sites for hydroxylation is 2. The Morgan fingerprint density at radius 2 is 2.00 bits per heavy atom. The molecule has 3 heterocycles. The summed E-state index contributed by atoms with van der Waals surface area (Å²) in [5, 5.41) is 3.13. The van der Waals surface area contributed by atoms with Gasteiger partial charge in [0.2, 0.25) is 0 Å². The van der Waals surface area contributed by atoms with Crippen molar-refractivity contribution in [3.05, 3.63) is 57.3 Å². The molecule has 6 heteroatoms. The van der Waals surface area contributed by atoms with Gasteiger partial charge in [-0.25, -0.2) is 0 Å². The molecule has 1 N–H and O–H groups in total. The van der Waals surface area contributed by atoms with E-state index in [4.69, 9.17) is 0 Å². The maximum atomic E-state index is 13.0. The first kappa shape index (κ1) is 17.9. The van der Waals surface area contributed by atoms with Gasteiger partial charge in [-0.2, -0.15) is 0 Å². The Morgan fingerprint density at radius 3 is 2.82 bits per heavy atom. The van der Waals surface area contributed by atoms with Gasteiger partial charge in [-0.1, -0.05) is 18.2 Å². The van der Waals surface area contributed by atoms with Crippen molar-refractivity contribution in [3.8, 4) is 0 Å². The second kappa shape index (κ2) is 7.33. The first-order valence-electron chi connectivity index (χ1n) is 10.2. The zero-order valence-electron chi connectivity index (χ0n) is 15.9. The molecule has 2 amide bonds. The highest BCUT2D eigenvalue weighted by Crippen LogP contribution is 2.31. The van der Waals surface area contributed by atoms with Crippen LogP contribution < -0.4 is 5.32 Å². The smallest absolute Gasteiger partial charge is 0.261 e. The zero-order valence-corrected chi connectivity index (χ0v) is 16.7. The lowest BCUT2D eigenvalue weighted by Crippen LogP contribution is -2.57. The molecule has 0 saturated carbocycles. The quantitative estimate of drug-likeness (QED) is 0.866. The molecular formula is C22H25N3O2S. The molecule has 2 bridgehead atoms. The van der Waals surface area contributed by atoms with Crippen LogP contribution in [0.2, 0.25) is 0 Å². The third-order valence-corrected chi connectivity index (χ3v) is 7.55. The Kier molecular flexibility index (Phi) is 4.69. The van der Waals surface area contributed by atoms with Crippen LogP contribution in [0.4, 0.5) is 0 Å². The average molecular weight is 396 g/mol. The monoisotopic (exact) mass is 395 g/mol. The van der Waals surface area contributed by atoms with Crippen LogP contribution in [0.3, 0.4) is 0 Å². The second-order valence-electron chi connectivity index (χ2n) is 8.04. The van der Waals surface area contributed by atoms with Gasteiger partial charge in [0.15, 0.2) is 0 Å². The minimum absolute atomic E-state index is 0.0293. The number of thiophene rings is 1. The predicted molar refractivity (Wildman–Crippen MR) is 110 cm³/mol. The van der Waals surface area contributed by atoms with Crippen molar-refractivity contribution in [3.63, 3.8) is 0 Å². The highest BCUT2D eigenvalue weighted by Gasteiger charge is 2.40. The molecule has 1 aromatic heterocycles. The summed E-state index contributed by atoms with van der Waals surface area (Å²) in [6.07, 6.45) is 4.45. The maximum Gasteiger partial charge on any atom is 0.261 e. The molecule has 1 aliphatic carbocycles. The van der Waals surface area contributed by atoms with E-state index < -0.39 is 0 Å². The standard InChI is InChI=1S/C22H25N3O2S/c26-21(20-11-16-7-4-8-19(16)28-20)23-12-18-14-25(17-9-10-24(18)13-17)22(27)15-5-2-1-3-6-15/h1-3,5-6,11,17-18H,4,7-10,12-14H2,(H,23,26). The van der Waals surface area contributed by atoms with Crippen molar-refractivity contribution < 1.29 is 9.59 Å². The fourth-order valence-corrected chi connectivity index (χ4v) is 5.94. The lowest BCUT2D eigenvalue weighted by Gasteiger charge is -2.40. The van der Waals surface area contributed by atoms with Gasteiger partial charge >= 0.3 is 0 Å². The van der Waals surface area contributed by atoms with E-state index >= 15 is 0 Å². The van der Waals surface area contributed by atoms with E-state index in [1.165, 1.54) is 16.9 Å². The van der Waals surface area contributed by atoms with Crippen LogP contribution in [0.1, 0.15) is 43.3 Å². The van der Waals surface area contributed by atoms with Crippen LogP contribution in [0.5, 0.6) is 0 Å². The average Bonchev–Trinajstić information content (AvgIpc) is 3.43. The first-order valence-corrected chi connectivity index (χ1v) is 11.0. The van der Waals surface area contributed by atoms with Crippen LogP contribution in [0, 0.1) is 0 Å². The number of nitrogens with zero attached hydrogens (tertiary/aromatic N) is 2. The molecule has 2 fully saturated rings. The van der Waals surface area contributed by atoms with Crippen molar-refractivity contribution in [1.29, 1.82) is 0 Å². The van der Waals surface area contributed by atoms with E-state index in [-0.39, 0.29) is 17.9 Å². The van der Waals surface area contributed by atoms with Crippen LogP contribution in [-0.4, -0.2) is 59.9 Å². The van der Waals surface area contributed by atoms with Crippen LogP contribution in [0.25, 0.3) is 0 Å². The summed E-state index contributed by atoms with van der Waals surface area (Å²) in [5.74, 6) is 0.139. The molecule has 2 saturated heterocycles. The molecule has 2 aromatic rings. The van der Waals surface area contributed by atoms with Crippen molar-refractivity contribution in [2.75, 3.05) is 26.2 Å². The van der Waals surface area contributed by atoms with E-state index in [0.717, 1.165) is 42.8 Å². The summed E-state index contributed by atoms with van der Waals surface area (Å²) in [4.78, 5) is 32.3. The van der Waals surface area contributed by atoms with Gasteiger partial charge in [0.1, 0.15) is 0 Å². The number of piperazine rings is 1. The Morgan fingerprint density at radius 1 is 1.14 bits per heavy atom. The van der Waals surface area contributed by atoms with Crippen molar-refractivity contribution >= 4 is 23.2 Å². The first-order chi connectivity index (χ1) is 13.7. The van der Waals surface area contributed by atoms with E-state index in [9.17, 15) is 9.59 Å². The number of fused-ring (bicyclic) bond motifs is 3. The number of nitrogens with one attached hydrogen (secondary N) is 1. The maximum absolute atomic E-state index is 13.0. The number of hydrogen-bond donors (Lipinski definition) is 1. The Labute approximate surface area is 169 Å². The number of hydrogen-bond acceptors (Lipinski definition) is 4. The third-order valence-electron chi connectivity index (χ3n) is 6.31. The molecule has 5 nitrogen and oxygen atoms in total. The molecule has 28 heavy (non-hydrogen) atoms. The van der Waals surface area contributed by atoms with Crippen LogP contribution >= 0.6 is 11.3 Å². The summed E-state index contributed by atoms with van der Waals surface area (Å²) in [6, 6.07) is 12.1. The number of carbonyl (C=O) groups is 2. The van der Waals surface area contributed by atoms with E-state index in [0.29, 0.717) is 19.1 Å². The van der Waals surface area contributed by atoms with Gasteiger partial charge in [-0.3, -0.25) is 14.5 Å². The molecule has 146 valence electrons. The summed E-state index contributed by atoms with van der Waals surface area (Å²) < 4.78 is 0. The van der Waals surface area contributed by atoms with Crippen molar-refractivity contribution in [2.24, 2.45) is 0 Å². The van der Waals surface area contributed by atoms with E-state index in [1.807, 2.05) is 35.2 Å². The highest BCUT2D eigenvalue weighted by atomic mass is 32.1. The molecule has 0 spiro atoms. The van der Waals surface area contributed by atoms with Gasteiger partial charge in [0, 0.05) is 48.7 Å². The molecule has 5 rings (SSSR count). The van der Waals surface area contributed by atoms with Crippen LogP contribution in [-0.2, 0) is 12.8 Å². The third kappa shape index (κ3) is 3.25. The zero-order chi connectivity index (χ0) is 19.1. The van der Waals surface area contributed by atoms with E-state index in [2.05, 4.69) is 16.3 Å². The number of carbonyl (C=O) groups excluding carboxylic acids is 2.